The number of carbonyl (C=O) groups is 3. The zero-order valence-corrected chi connectivity index (χ0v) is 16.7. The van der Waals surface area contributed by atoms with Gasteiger partial charge in [0.05, 0.1) is 18.4 Å². The topological polar surface area (TPSA) is 97.6 Å². The minimum Gasteiger partial charge on any atom is -0.462 e. The summed E-state index contributed by atoms with van der Waals surface area (Å²) in [6, 6.07) is 16.6. The van der Waals surface area contributed by atoms with E-state index >= 15 is 0 Å². The van der Waals surface area contributed by atoms with Crippen LogP contribution in [0.5, 0.6) is 0 Å². The molecule has 0 saturated carbocycles. The van der Waals surface area contributed by atoms with Gasteiger partial charge in [0.25, 0.3) is 5.91 Å². The normalized spacial score (nSPS) is 11.4. The smallest absolute Gasteiger partial charge is 0.338 e. The summed E-state index contributed by atoms with van der Waals surface area (Å²) in [5.41, 5.74) is 2.41. The van der Waals surface area contributed by atoms with Gasteiger partial charge >= 0.3 is 5.97 Å². The number of ketones is 1. The van der Waals surface area contributed by atoms with E-state index in [1.807, 2.05) is 19.1 Å². The van der Waals surface area contributed by atoms with Crippen LogP contribution in [0.15, 0.2) is 71.3 Å². The van der Waals surface area contributed by atoms with Crippen LogP contribution >= 0.6 is 0 Å². The van der Waals surface area contributed by atoms with Crippen LogP contribution in [0, 0.1) is 6.92 Å². The molecule has 7 heteroatoms. The van der Waals surface area contributed by atoms with Crippen molar-refractivity contribution in [3.8, 4) is 0 Å². The van der Waals surface area contributed by atoms with E-state index in [0.717, 1.165) is 5.56 Å². The summed E-state index contributed by atoms with van der Waals surface area (Å²) in [5, 5.41) is 5.66. The zero-order valence-electron chi connectivity index (χ0n) is 16.7. The summed E-state index contributed by atoms with van der Waals surface area (Å²) in [6.07, 6.45) is 0.339. The van der Waals surface area contributed by atoms with Crippen molar-refractivity contribution in [1.29, 1.82) is 0 Å². The highest BCUT2D eigenvalue weighted by Gasteiger charge is 2.24. The van der Waals surface area contributed by atoms with Crippen LogP contribution in [0.25, 0.3) is 0 Å². The number of hydrogen-bond donors (Lipinski definition) is 2. The Kier molecular flexibility index (Phi) is 6.64. The van der Waals surface area contributed by atoms with Crippen molar-refractivity contribution in [2.24, 2.45) is 0 Å². The molecule has 1 heterocycles. The quantitative estimate of drug-likeness (QED) is 0.335. The SMILES string of the molecule is CCOC(=O)c1ccc(N[C@H](NC(=O)c2ccco2)C(=O)c2ccc(C)cc2)cc1. The standard InChI is InChI=1S/C23H22N2O5/c1-3-29-23(28)17-10-12-18(13-11-17)24-21(25-22(27)19-5-4-14-30-19)20(26)16-8-6-15(2)7-9-16/h4-14,21,24H,3H2,1-2H3,(H,25,27)/t21-/m1/s1. The number of Topliss-reactive ketones (excluding diaryl/α,β-unsaturated/α-hetero) is 1. The molecular formula is C23H22N2O5. The summed E-state index contributed by atoms with van der Waals surface area (Å²) >= 11 is 0. The minimum atomic E-state index is -1.04. The van der Waals surface area contributed by atoms with Gasteiger partial charge in [0, 0.05) is 11.3 Å². The average molecular weight is 406 g/mol. The van der Waals surface area contributed by atoms with Crippen molar-refractivity contribution in [2.45, 2.75) is 20.0 Å². The van der Waals surface area contributed by atoms with Gasteiger partial charge < -0.3 is 19.8 Å². The second-order valence-corrected chi connectivity index (χ2v) is 6.56. The third-order valence-electron chi connectivity index (χ3n) is 4.33. The Labute approximate surface area is 174 Å². The van der Waals surface area contributed by atoms with E-state index in [1.165, 1.54) is 12.3 Å². The van der Waals surface area contributed by atoms with Crippen LogP contribution in [-0.2, 0) is 4.74 Å². The fourth-order valence-electron chi connectivity index (χ4n) is 2.75. The van der Waals surface area contributed by atoms with Crippen molar-refractivity contribution in [2.75, 3.05) is 11.9 Å². The van der Waals surface area contributed by atoms with Gasteiger partial charge in [0.1, 0.15) is 0 Å². The monoisotopic (exact) mass is 406 g/mol. The van der Waals surface area contributed by atoms with Crippen LogP contribution in [-0.4, -0.2) is 30.4 Å². The molecule has 1 atom stereocenters. The highest BCUT2D eigenvalue weighted by molar-refractivity contribution is 6.04. The molecule has 1 aromatic heterocycles. The lowest BCUT2D eigenvalue weighted by Gasteiger charge is -2.20. The molecule has 154 valence electrons. The molecule has 30 heavy (non-hydrogen) atoms. The van der Waals surface area contributed by atoms with E-state index in [1.54, 1.807) is 49.4 Å². The van der Waals surface area contributed by atoms with Gasteiger partial charge in [-0.15, -0.1) is 0 Å². The molecule has 3 aromatic rings. The van der Waals surface area contributed by atoms with Crippen LogP contribution < -0.4 is 10.6 Å². The minimum absolute atomic E-state index is 0.0937. The molecule has 0 radical (unpaired) electrons. The Morgan fingerprint density at radius 3 is 2.23 bits per heavy atom. The second-order valence-electron chi connectivity index (χ2n) is 6.56. The van der Waals surface area contributed by atoms with Gasteiger partial charge in [-0.25, -0.2) is 4.79 Å². The number of furan rings is 1. The number of anilines is 1. The molecule has 7 nitrogen and oxygen atoms in total. The summed E-state index contributed by atoms with van der Waals surface area (Å²) in [4.78, 5) is 37.3. The Bertz CT molecular complexity index is 1010. The van der Waals surface area contributed by atoms with E-state index in [2.05, 4.69) is 10.6 Å². The number of carbonyl (C=O) groups excluding carboxylic acids is 3. The maximum absolute atomic E-state index is 13.0. The number of aryl methyl sites for hydroxylation is 1. The Hall–Kier alpha value is -3.87. The summed E-state index contributed by atoms with van der Waals surface area (Å²) in [7, 11) is 0. The molecule has 1 amide bonds. The number of amides is 1. The van der Waals surface area contributed by atoms with Gasteiger partial charge in [0.15, 0.2) is 11.9 Å². The first-order valence-electron chi connectivity index (χ1n) is 9.47. The highest BCUT2D eigenvalue weighted by atomic mass is 16.5. The van der Waals surface area contributed by atoms with Crippen LogP contribution in [0.4, 0.5) is 5.69 Å². The van der Waals surface area contributed by atoms with Crippen molar-refractivity contribution in [3.63, 3.8) is 0 Å². The molecule has 2 aromatic carbocycles. The summed E-state index contributed by atoms with van der Waals surface area (Å²) in [6.45, 7) is 3.94. The maximum atomic E-state index is 13.0. The van der Waals surface area contributed by atoms with Crippen LogP contribution in [0.3, 0.4) is 0 Å². The van der Waals surface area contributed by atoms with E-state index in [9.17, 15) is 14.4 Å². The van der Waals surface area contributed by atoms with Crippen molar-refractivity contribution >= 4 is 23.3 Å². The lowest BCUT2D eigenvalue weighted by atomic mass is 10.1. The van der Waals surface area contributed by atoms with Gasteiger partial charge in [-0.05, 0) is 50.2 Å². The number of rotatable bonds is 8. The van der Waals surface area contributed by atoms with Gasteiger partial charge in [-0.3, -0.25) is 9.59 Å². The third kappa shape index (κ3) is 5.14. The molecule has 0 aliphatic heterocycles. The van der Waals surface area contributed by atoms with Crippen molar-refractivity contribution < 1.29 is 23.5 Å². The fourth-order valence-corrected chi connectivity index (χ4v) is 2.75. The molecule has 0 aliphatic rings. The van der Waals surface area contributed by atoms with Crippen molar-refractivity contribution in [3.05, 3.63) is 89.4 Å². The first-order chi connectivity index (χ1) is 14.5. The molecule has 0 unspecified atom stereocenters. The highest BCUT2D eigenvalue weighted by Crippen LogP contribution is 2.14. The summed E-state index contributed by atoms with van der Waals surface area (Å²) in [5.74, 6) is -1.18. The number of ether oxygens (including phenoxy) is 1. The molecular weight excluding hydrogens is 384 g/mol. The van der Waals surface area contributed by atoms with Gasteiger partial charge in [0.2, 0.25) is 5.78 Å². The van der Waals surface area contributed by atoms with E-state index < -0.39 is 18.0 Å². The lowest BCUT2D eigenvalue weighted by Crippen LogP contribution is -2.46. The number of hydrogen-bond acceptors (Lipinski definition) is 6. The fraction of sp³-hybridized carbons (Fsp3) is 0.174. The Balaban J connectivity index is 1.81. The maximum Gasteiger partial charge on any atom is 0.338 e. The molecule has 3 rings (SSSR count). The second kappa shape index (κ2) is 9.56. The van der Waals surface area contributed by atoms with Crippen molar-refractivity contribution in [1.82, 2.24) is 5.32 Å². The summed E-state index contributed by atoms with van der Waals surface area (Å²) < 4.78 is 10.1. The molecule has 0 fully saturated rings. The van der Waals surface area contributed by atoms with Gasteiger partial charge in [-0.1, -0.05) is 29.8 Å². The van der Waals surface area contributed by atoms with E-state index in [4.69, 9.17) is 9.15 Å². The molecule has 0 spiro atoms. The van der Waals surface area contributed by atoms with Gasteiger partial charge in [-0.2, -0.15) is 0 Å². The Morgan fingerprint density at radius 2 is 1.63 bits per heavy atom. The molecule has 0 bridgehead atoms. The molecule has 2 N–H and O–H groups in total. The average Bonchev–Trinajstić information content (AvgIpc) is 3.29. The van der Waals surface area contributed by atoms with E-state index in [0.29, 0.717) is 16.8 Å². The zero-order chi connectivity index (χ0) is 21.5. The molecule has 0 aliphatic carbocycles. The van der Waals surface area contributed by atoms with Crippen LogP contribution in [0.1, 0.15) is 43.8 Å². The van der Waals surface area contributed by atoms with E-state index in [-0.39, 0.29) is 18.2 Å². The first kappa shape index (κ1) is 20.9. The predicted octanol–water partition coefficient (Wildman–Crippen LogP) is 3.82. The number of benzene rings is 2. The first-order valence-corrected chi connectivity index (χ1v) is 9.47. The lowest BCUT2D eigenvalue weighted by molar-refractivity contribution is 0.0526. The largest absolute Gasteiger partial charge is 0.462 e. The number of nitrogens with one attached hydrogen (secondary N) is 2. The Morgan fingerprint density at radius 1 is 0.967 bits per heavy atom. The predicted molar refractivity (Wildman–Crippen MR) is 111 cm³/mol. The number of esters is 1. The third-order valence-corrected chi connectivity index (χ3v) is 4.33. The van der Waals surface area contributed by atoms with Crippen LogP contribution in [0.2, 0.25) is 0 Å². The molecule has 0 saturated heterocycles.